The topological polar surface area (TPSA) is 104 Å². The van der Waals surface area contributed by atoms with Crippen LogP contribution in [0.2, 0.25) is 0 Å². The highest BCUT2D eigenvalue weighted by Gasteiger charge is 2.17. The van der Waals surface area contributed by atoms with E-state index in [4.69, 9.17) is 0 Å². The molecule has 0 spiro atoms. The van der Waals surface area contributed by atoms with Crippen molar-refractivity contribution < 1.29 is 18.0 Å². The van der Waals surface area contributed by atoms with Crippen LogP contribution in [-0.4, -0.2) is 27.3 Å². The Morgan fingerprint density at radius 3 is 2.30 bits per heavy atom. The van der Waals surface area contributed by atoms with E-state index in [-0.39, 0.29) is 10.6 Å². The van der Waals surface area contributed by atoms with Crippen LogP contribution >= 0.6 is 0 Å². The number of anilines is 1. The Bertz CT molecular complexity index is 983. The molecule has 0 fully saturated rings. The van der Waals surface area contributed by atoms with E-state index in [9.17, 15) is 18.0 Å². The quantitative estimate of drug-likeness (QED) is 0.660. The van der Waals surface area contributed by atoms with Gasteiger partial charge in [0.15, 0.2) is 0 Å². The average molecular weight is 387 g/mol. The molecule has 0 aliphatic carbocycles. The summed E-state index contributed by atoms with van der Waals surface area (Å²) in [5.74, 6) is -0.958. The number of carbonyl (C=O) groups excluding carboxylic acids is 2. The van der Waals surface area contributed by atoms with Crippen molar-refractivity contribution in [1.82, 2.24) is 10.0 Å². The number of benzene rings is 2. The molecule has 7 nitrogen and oxygen atoms in total. The highest BCUT2D eigenvalue weighted by atomic mass is 32.2. The maximum Gasteiger partial charge on any atom is 0.272 e. The van der Waals surface area contributed by atoms with Gasteiger partial charge in [-0.3, -0.25) is 9.59 Å². The maximum atomic E-state index is 12.6. The van der Waals surface area contributed by atoms with Gasteiger partial charge in [-0.05, 0) is 43.3 Å². The van der Waals surface area contributed by atoms with E-state index >= 15 is 0 Å². The number of sulfonamides is 1. The normalized spacial score (nSPS) is 11.7. The second-order valence-corrected chi connectivity index (χ2v) is 7.65. The second kappa shape index (κ2) is 8.61. The van der Waals surface area contributed by atoms with Crippen molar-refractivity contribution in [2.24, 2.45) is 0 Å². The van der Waals surface area contributed by atoms with Gasteiger partial charge in [0.25, 0.3) is 5.91 Å². The highest BCUT2D eigenvalue weighted by Crippen LogP contribution is 2.20. The zero-order chi connectivity index (χ0) is 20.0. The number of amides is 2. The SMILES string of the molecule is CNS(=O)(=O)c1cc(NC(=O)/C(=C/c2ccccc2)NC(C)=O)ccc1C. The van der Waals surface area contributed by atoms with Crippen molar-refractivity contribution in [3.63, 3.8) is 0 Å². The Balaban J connectivity index is 2.34. The van der Waals surface area contributed by atoms with E-state index in [1.807, 2.05) is 18.2 Å². The molecule has 2 rings (SSSR count). The van der Waals surface area contributed by atoms with E-state index in [1.165, 1.54) is 26.1 Å². The first-order chi connectivity index (χ1) is 12.7. The van der Waals surface area contributed by atoms with Crippen LogP contribution in [0.5, 0.6) is 0 Å². The molecule has 2 amide bonds. The van der Waals surface area contributed by atoms with Gasteiger partial charge < -0.3 is 10.6 Å². The van der Waals surface area contributed by atoms with E-state index < -0.39 is 21.8 Å². The molecule has 0 atom stereocenters. The molecule has 2 aromatic rings. The zero-order valence-electron chi connectivity index (χ0n) is 15.2. The van der Waals surface area contributed by atoms with Gasteiger partial charge in [0.1, 0.15) is 5.70 Å². The Hall–Kier alpha value is -2.97. The largest absolute Gasteiger partial charge is 0.322 e. The number of hydrogen-bond donors (Lipinski definition) is 3. The zero-order valence-corrected chi connectivity index (χ0v) is 16.1. The van der Waals surface area contributed by atoms with Crippen LogP contribution in [0, 0.1) is 6.92 Å². The summed E-state index contributed by atoms with van der Waals surface area (Å²) < 4.78 is 26.4. The molecule has 0 heterocycles. The molecule has 0 saturated heterocycles. The lowest BCUT2D eigenvalue weighted by Gasteiger charge is -2.12. The molecule has 142 valence electrons. The Labute approximate surface area is 158 Å². The van der Waals surface area contributed by atoms with Gasteiger partial charge in [-0.15, -0.1) is 0 Å². The Kier molecular flexibility index (Phi) is 6.49. The number of rotatable bonds is 6. The van der Waals surface area contributed by atoms with Crippen molar-refractivity contribution in [3.05, 3.63) is 65.4 Å². The van der Waals surface area contributed by atoms with Crippen molar-refractivity contribution >= 4 is 33.6 Å². The van der Waals surface area contributed by atoms with Crippen LogP contribution in [0.3, 0.4) is 0 Å². The third-order valence-electron chi connectivity index (χ3n) is 3.67. The first-order valence-electron chi connectivity index (χ1n) is 8.13. The number of aryl methyl sites for hydroxylation is 1. The minimum atomic E-state index is -3.66. The molecule has 0 aliphatic heterocycles. The molecular formula is C19H21N3O4S. The molecule has 0 bridgehead atoms. The van der Waals surface area contributed by atoms with Gasteiger partial charge in [0, 0.05) is 12.6 Å². The first-order valence-corrected chi connectivity index (χ1v) is 9.61. The van der Waals surface area contributed by atoms with Crippen molar-refractivity contribution in [1.29, 1.82) is 0 Å². The predicted octanol–water partition coefficient (Wildman–Crippen LogP) is 2.02. The smallest absolute Gasteiger partial charge is 0.272 e. The molecule has 27 heavy (non-hydrogen) atoms. The molecule has 3 N–H and O–H groups in total. The van der Waals surface area contributed by atoms with E-state index in [0.717, 1.165) is 5.56 Å². The molecule has 0 aromatic heterocycles. The summed E-state index contributed by atoms with van der Waals surface area (Å²) in [6.45, 7) is 2.96. The fourth-order valence-corrected chi connectivity index (χ4v) is 3.33. The fourth-order valence-electron chi connectivity index (χ4n) is 2.34. The summed E-state index contributed by atoms with van der Waals surface area (Å²) >= 11 is 0. The van der Waals surface area contributed by atoms with Gasteiger partial charge in [-0.1, -0.05) is 36.4 Å². The number of hydrogen-bond acceptors (Lipinski definition) is 4. The average Bonchev–Trinajstić information content (AvgIpc) is 2.63. The van der Waals surface area contributed by atoms with Gasteiger partial charge >= 0.3 is 0 Å². The minimum absolute atomic E-state index is 0.0484. The van der Waals surface area contributed by atoms with E-state index in [1.54, 1.807) is 31.2 Å². The molecule has 0 aliphatic rings. The van der Waals surface area contributed by atoms with Crippen LogP contribution in [0.25, 0.3) is 6.08 Å². The molecule has 0 radical (unpaired) electrons. The lowest BCUT2D eigenvalue weighted by atomic mass is 10.2. The number of nitrogens with one attached hydrogen (secondary N) is 3. The van der Waals surface area contributed by atoms with Crippen molar-refractivity contribution in [3.8, 4) is 0 Å². The summed E-state index contributed by atoms with van der Waals surface area (Å²) in [5, 5.41) is 5.11. The summed E-state index contributed by atoms with van der Waals surface area (Å²) in [5.41, 5.74) is 1.62. The predicted molar refractivity (Wildman–Crippen MR) is 104 cm³/mol. The third kappa shape index (κ3) is 5.50. The van der Waals surface area contributed by atoms with Crippen LogP contribution in [0.1, 0.15) is 18.1 Å². The summed E-state index contributed by atoms with van der Waals surface area (Å²) in [6.07, 6.45) is 1.54. The van der Waals surface area contributed by atoms with Crippen LogP contribution in [-0.2, 0) is 19.6 Å². The summed E-state index contributed by atoms with van der Waals surface area (Å²) in [6, 6.07) is 13.6. The lowest BCUT2D eigenvalue weighted by molar-refractivity contribution is -0.120. The van der Waals surface area contributed by atoms with E-state index in [2.05, 4.69) is 15.4 Å². The van der Waals surface area contributed by atoms with Crippen molar-refractivity contribution in [2.45, 2.75) is 18.7 Å². The Morgan fingerprint density at radius 1 is 1.04 bits per heavy atom. The van der Waals surface area contributed by atoms with Gasteiger partial charge in [0.05, 0.1) is 4.90 Å². The van der Waals surface area contributed by atoms with Gasteiger partial charge in [-0.2, -0.15) is 0 Å². The molecule has 0 saturated carbocycles. The Morgan fingerprint density at radius 2 is 1.70 bits per heavy atom. The van der Waals surface area contributed by atoms with Gasteiger partial charge in [-0.25, -0.2) is 13.1 Å². The summed E-state index contributed by atoms with van der Waals surface area (Å²) in [4.78, 5) is 24.1. The minimum Gasteiger partial charge on any atom is -0.322 e. The van der Waals surface area contributed by atoms with Gasteiger partial charge in [0.2, 0.25) is 15.9 Å². The van der Waals surface area contributed by atoms with Crippen molar-refractivity contribution in [2.75, 3.05) is 12.4 Å². The molecule has 8 heteroatoms. The van der Waals surface area contributed by atoms with Crippen LogP contribution in [0.4, 0.5) is 5.69 Å². The first kappa shape index (κ1) is 20.3. The lowest BCUT2D eigenvalue weighted by Crippen LogP contribution is -2.29. The maximum absolute atomic E-state index is 12.6. The van der Waals surface area contributed by atoms with Crippen LogP contribution in [0.15, 0.2) is 59.1 Å². The van der Waals surface area contributed by atoms with Crippen LogP contribution < -0.4 is 15.4 Å². The highest BCUT2D eigenvalue weighted by molar-refractivity contribution is 7.89. The standard InChI is InChI=1S/C19H21N3O4S/c1-13-9-10-16(12-18(13)27(25,26)20-3)22-19(24)17(21-14(2)23)11-15-7-5-4-6-8-15/h4-12,20H,1-3H3,(H,21,23)(H,22,24)/b17-11-. The second-order valence-electron chi connectivity index (χ2n) is 5.79. The third-order valence-corrected chi connectivity index (χ3v) is 5.23. The summed E-state index contributed by atoms with van der Waals surface area (Å²) in [7, 11) is -2.34. The molecule has 0 unspecified atom stereocenters. The number of carbonyl (C=O) groups is 2. The fraction of sp³-hybridized carbons (Fsp3) is 0.158. The monoisotopic (exact) mass is 387 g/mol. The molecular weight excluding hydrogens is 366 g/mol. The molecule has 2 aromatic carbocycles. The van der Waals surface area contributed by atoms with E-state index in [0.29, 0.717) is 11.3 Å².